The van der Waals surface area contributed by atoms with Crippen LogP contribution in [0.3, 0.4) is 0 Å². The summed E-state index contributed by atoms with van der Waals surface area (Å²) in [5.74, 6) is 1.92. The van der Waals surface area contributed by atoms with E-state index in [0.717, 1.165) is 5.56 Å². The number of aromatic amines is 1. The van der Waals surface area contributed by atoms with Gasteiger partial charge in [0, 0.05) is 18.5 Å². The average Bonchev–Trinajstić information content (AvgIpc) is 3.02. The molecule has 3 heterocycles. The highest BCUT2D eigenvalue weighted by Crippen LogP contribution is 2.31. The molecule has 4 rings (SSSR count). The van der Waals surface area contributed by atoms with Crippen molar-refractivity contribution in [3.8, 4) is 0 Å². The molecule has 0 aliphatic rings. The summed E-state index contributed by atoms with van der Waals surface area (Å²) in [5, 5.41) is 6.40. The van der Waals surface area contributed by atoms with E-state index >= 15 is 0 Å². The van der Waals surface area contributed by atoms with Crippen LogP contribution in [0, 0.1) is 13.8 Å². The molecule has 0 radical (unpaired) electrons. The number of sulfone groups is 1. The molecule has 1 aromatic carbocycles. The van der Waals surface area contributed by atoms with Crippen molar-refractivity contribution in [2.24, 2.45) is 0 Å². The van der Waals surface area contributed by atoms with E-state index in [1.807, 2.05) is 26.0 Å². The maximum atomic E-state index is 12.2. The average molecular weight is 408 g/mol. The lowest BCUT2D eigenvalue weighted by atomic mass is 10.2. The molecule has 0 saturated heterocycles. The van der Waals surface area contributed by atoms with Crippen molar-refractivity contribution in [3.05, 3.63) is 60.0 Å². The third-order valence-electron chi connectivity index (χ3n) is 4.30. The third kappa shape index (κ3) is 4.04. The zero-order valence-corrected chi connectivity index (χ0v) is 17.0. The predicted molar refractivity (Wildman–Crippen MR) is 114 cm³/mol. The predicted octanol–water partition coefficient (Wildman–Crippen LogP) is 3.86. The Bertz CT molecular complexity index is 1310. The Balaban J connectivity index is 1.80. The van der Waals surface area contributed by atoms with E-state index in [0.29, 0.717) is 40.0 Å². The van der Waals surface area contributed by atoms with Crippen molar-refractivity contribution in [1.29, 1.82) is 0 Å². The van der Waals surface area contributed by atoms with Gasteiger partial charge in [0.25, 0.3) is 0 Å². The van der Waals surface area contributed by atoms with Gasteiger partial charge in [0.2, 0.25) is 0 Å². The number of nitrogens with zero attached hydrogens (tertiary/aromatic N) is 3. The van der Waals surface area contributed by atoms with Gasteiger partial charge in [-0.25, -0.2) is 23.4 Å². The summed E-state index contributed by atoms with van der Waals surface area (Å²) in [5.41, 5.74) is 3.38. The lowest BCUT2D eigenvalue weighted by molar-refractivity contribution is 0.602. The van der Waals surface area contributed by atoms with Crippen LogP contribution in [-0.4, -0.2) is 34.6 Å². The number of imidazole rings is 1. The number of H-pyrrole nitrogens is 1. The summed E-state index contributed by atoms with van der Waals surface area (Å²) in [6.07, 6.45) is 2.91. The summed E-state index contributed by atoms with van der Waals surface area (Å²) >= 11 is 0. The second kappa shape index (κ2) is 7.17. The van der Waals surface area contributed by atoms with E-state index in [2.05, 4.69) is 30.6 Å². The molecule has 9 heteroatoms. The third-order valence-corrected chi connectivity index (χ3v) is 5.45. The number of hydrogen-bond acceptors (Lipinski definition) is 7. The second-order valence-electron chi connectivity index (χ2n) is 6.81. The fourth-order valence-corrected chi connectivity index (χ4v) is 3.88. The summed E-state index contributed by atoms with van der Waals surface area (Å²) in [7, 11) is -3.40. The van der Waals surface area contributed by atoms with Gasteiger partial charge in [-0.1, -0.05) is 12.1 Å². The summed E-state index contributed by atoms with van der Waals surface area (Å²) < 4.78 is 24.3. The maximum Gasteiger partial charge on any atom is 0.177 e. The number of pyridine rings is 2. The molecule has 148 valence electrons. The molecule has 0 amide bonds. The fourth-order valence-electron chi connectivity index (χ4n) is 3.04. The van der Waals surface area contributed by atoms with Crippen LogP contribution < -0.4 is 10.6 Å². The van der Waals surface area contributed by atoms with Crippen molar-refractivity contribution in [3.63, 3.8) is 0 Å². The Morgan fingerprint density at radius 2 is 1.72 bits per heavy atom. The molecular weight excluding hydrogens is 388 g/mol. The standard InChI is InChI=1S/C20H20N6O2S/c1-12-8-9-21-17(10-12)25-18-11-15(19-20(26-18)23-13(2)22-19)24-14-6-4-5-7-16(14)29(3,27)28/h4-11H,1-3H3,(H3,21,22,23,24,25,26). The number of fused-ring (bicyclic) bond motifs is 1. The Kier molecular flexibility index (Phi) is 4.67. The number of anilines is 4. The van der Waals surface area contributed by atoms with Crippen LogP contribution in [0.5, 0.6) is 0 Å². The van der Waals surface area contributed by atoms with E-state index in [1.54, 1.807) is 36.5 Å². The molecule has 3 aromatic heterocycles. The number of aromatic nitrogens is 4. The van der Waals surface area contributed by atoms with Gasteiger partial charge in [0.1, 0.15) is 23.0 Å². The van der Waals surface area contributed by atoms with E-state index in [-0.39, 0.29) is 4.90 Å². The van der Waals surface area contributed by atoms with Gasteiger partial charge in [0.15, 0.2) is 15.5 Å². The van der Waals surface area contributed by atoms with Crippen LogP contribution in [0.25, 0.3) is 11.2 Å². The quantitative estimate of drug-likeness (QED) is 0.459. The van der Waals surface area contributed by atoms with E-state index < -0.39 is 9.84 Å². The number of hydrogen-bond donors (Lipinski definition) is 3. The lowest BCUT2D eigenvalue weighted by Gasteiger charge is -2.13. The van der Waals surface area contributed by atoms with Gasteiger partial charge in [-0.2, -0.15) is 0 Å². The minimum absolute atomic E-state index is 0.215. The Hall–Kier alpha value is -3.46. The van der Waals surface area contributed by atoms with Crippen molar-refractivity contribution in [1.82, 2.24) is 19.9 Å². The van der Waals surface area contributed by atoms with E-state index in [4.69, 9.17) is 0 Å². The monoisotopic (exact) mass is 408 g/mol. The molecular formula is C20H20N6O2S. The van der Waals surface area contributed by atoms with Crippen molar-refractivity contribution < 1.29 is 8.42 Å². The SMILES string of the molecule is Cc1ccnc(Nc2cc(Nc3ccccc3S(C)(=O)=O)c3nc(C)[nH]c3n2)c1. The van der Waals surface area contributed by atoms with Crippen LogP contribution in [0.1, 0.15) is 11.4 Å². The van der Waals surface area contributed by atoms with Gasteiger partial charge >= 0.3 is 0 Å². The first kappa shape index (κ1) is 18.9. The van der Waals surface area contributed by atoms with Crippen LogP contribution in [-0.2, 0) is 9.84 Å². The number of para-hydroxylation sites is 1. The Morgan fingerprint density at radius 1 is 0.931 bits per heavy atom. The summed E-state index contributed by atoms with van der Waals surface area (Å²) in [4.78, 5) is 16.7. The summed E-state index contributed by atoms with van der Waals surface area (Å²) in [6, 6.07) is 12.4. The lowest BCUT2D eigenvalue weighted by Crippen LogP contribution is -2.04. The highest BCUT2D eigenvalue weighted by molar-refractivity contribution is 7.90. The molecule has 0 aliphatic carbocycles. The Labute approximate surface area is 168 Å². The number of benzene rings is 1. The van der Waals surface area contributed by atoms with Gasteiger partial charge in [-0.3, -0.25) is 0 Å². The molecule has 0 unspecified atom stereocenters. The van der Waals surface area contributed by atoms with Gasteiger partial charge in [-0.15, -0.1) is 0 Å². The molecule has 8 nitrogen and oxygen atoms in total. The van der Waals surface area contributed by atoms with E-state index in [1.165, 1.54) is 6.26 Å². The highest BCUT2D eigenvalue weighted by Gasteiger charge is 2.16. The zero-order chi connectivity index (χ0) is 20.6. The normalized spacial score (nSPS) is 11.6. The van der Waals surface area contributed by atoms with Crippen LogP contribution in [0.4, 0.5) is 23.0 Å². The van der Waals surface area contributed by atoms with Crippen molar-refractivity contribution in [2.75, 3.05) is 16.9 Å². The molecule has 4 aromatic rings. The second-order valence-corrected chi connectivity index (χ2v) is 8.80. The molecule has 0 aliphatic heterocycles. The minimum atomic E-state index is -3.40. The topological polar surface area (TPSA) is 113 Å². The molecule has 0 fully saturated rings. The minimum Gasteiger partial charge on any atom is -0.352 e. The number of nitrogens with one attached hydrogen (secondary N) is 3. The molecule has 0 bridgehead atoms. The first-order valence-electron chi connectivity index (χ1n) is 8.93. The Morgan fingerprint density at radius 3 is 2.48 bits per heavy atom. The largest absolute Gasteiger partial charge is 0.352 e. The molecule has 0 saturated carbocycles. The maximum absolute atomic E-state index is 12.2. The van der Waals surface area contributed by atoms with Crippen molar-refractivity contribution in [2.45, 2.75) is 18.7 Å². The van der Waals surface area contributed by atoms with E-state index in [9.17, 15) is 8.42 Å². The highest BCUT2D eigenvalue weighted by atomic mass is 32.2. The number of aryl methyl sites for hydroxylation is 2. The first-order valence-corrected chi connectivity index (χ1v) is 10.8. The van der Waals surface area contributed by atoms with Gasteiger partial charge in [-0.05, 0) is 43.7 Å². The van der Waals surface area contributed by atoms with Crippen molar-refractivity contribution >= 4 is 44.0 Å². The molecule has 29 heavy (non-hydrogen) atoms. The number of rotatable bonds is 5. The van der Waals surface area contributed by atoms with Gasteiger partial charge < -0.3 is 15.6 Å². The first-order chi connectivity index (χ1) is 13.8. The van der Waals surface area contributed by atoms with Crippen LogP contribution in [0.15, 0.2) is 53.6 Å². The molecule has 0 atom stereocenters. The fraction of sp³-hybridized carbons (Fsp3) is 0.150. The summed E-state index contributed by atoms with van der Waals surface area (Å²) in [6.45, 7) is 3.82. The van der Waals surface area contributed by atoms with Gasteiger partial charge in [0.05, 0.1) is 16.3 Å². The van der Waals surface area contributed by atoms with Crippen LogP contribution in [0.2, 0.25) is 0 Å². The zero-order valence-electron chi connectivity index (χ0n) is 16.2. The molecule has 0 spiro atoms. The molecule has 3 N–H and O–H groups in total. The smallest absolute Gasteiger partial charge is 0.177 e. The van der Waals surface area contributed by atoms with Crippen LogP contribution >= 0.6 is 0 Å².